The molecule has 0 aliphatic rings. The first-order chi connectivity index (χ1) is 7.62. The molecule has 0 radical (unpaired) electrons. The van der Waals surface area contributed by atoms with Gasteiger partial charge in [0.2, 0.25) is 5.91 Å². The van der Waals surface area contributed by atoms with Crippen LogP contribution in [0.5, 0.6) is 0 Å². The number of methoxy groups -OCH3 is 1. The van der Waals surface area contributed by atoms with Gasteiger partial charge in [-0.05, 0) is 32.2 Å². The predicted molar refractivity (Wildman–Crippen MR) is 70.8 cm³/mol. The highest BCUT2D eigenvalue weighted by atomic mass is 16.5. The number of nitrogens with two attached hydrogens (primary N) is 1. The normalized spacial score (nSPS) is 14.5. The van der Waals surface area contributed by atoms with E-state index in [1.54, 1.807) is 7.11 Å². The van der Waals surface area contributed by atoms with Crippen molar-refractivity contribution in [2.45, 2.75) is 59.1 Å². The maximum atomic E-state index is 11.9. The molecule has 0 spiro atoms. The number of hydrogen-bond acceptors (Lipinski definition) is 3. The number of nitrogens with one attached hydrogen (secondary N) is 1. The van der Waals surface area contributed by atoms with E-state index < -0.39 is 5.60 Å². The van der Waals surface area contributed by atoms with Crippen LogP contribution in [-0.4, -0.2) is 31.2 Å². The second-order valence-corrected chi connectivity index (χ2v) is 6.20. The van der Waals surface area contributed by atoms with Crippen molar-refractivity contribution in [3.05, 3.63) is 0 Å². The quantitative estimate of drug-likeness (QED) is 0.747. The van der Waals surface area contributed by atoms with Crippen molar-refractivity contribution < 1.29 is 9.53 Å². The van der Waals surface area contributed by atoms with Crippen molar-refractivity contribution in [2.75, 3.05) is 13.7 Å². The lowest BCUT2D eigenvalue weighted by atomic mass is 9.84. The molecule has 102 valence electrons. The second kappa shape index (κ2) is 6.36. The molecule has 0 heterocycles. The summed E-state index contributed by atoms with van der Waals surface area (Å²) in [5, 5.41) is 3.05. The summed E-state index contributed by atoms with van der Waals surface area (Å²) in [5.74, 6) is 0.0187. The van der Waals surface area contributed by atoms with E-state index in [1.165, 1.54) is 0 Å². The summed E-state index contributed by atoms with van der Waals surface area (Å²) < 4.78 is 5.25. The van der Waals surface area contributed by atoms with E-state index in [4.69, 9.17) is 10.5 Å². The number of hydrogen-bond donors (Lipinski definition) is 2. The molecule has 3 N–H and O–H groups in total. The molecule has 0 saturated heterocycles. The molecule has 4 nitrogen and oxygen atoms in total. The fourth-order valence-electron chi connectivity index (χ4n) is 1.59. The number of carbonyl (C=O) groups excluding carboxylic acids is 1. The molecule has 0 aromatic heterocycles. The Hall–Kier alpha value is -0.610. The first-order valence-corrected chi connectivity index (χ1v) is 6.17. The lowest BCUT2D eigenvalue weighted by Gasteiger charge is -2.32. The van der Waals surface area contributed by atoms with Gasteiger partial charge in [-0.1, -0.05) is 20.8 Å². The lowest BCUT2D eigenvalue weighted by molar-refractivity contribution is -0.127. The Morgan fingerprint density at radius 1 is 1.29 bits per heavy atom. The zero-order chi connectivity index (χ0) is 13.7. The molecular weight excluding hydrogens is 216 g/mol. The molecule has 0 rings (SSSR count). The number of carbonyl (C=O) groups is 1. The van der Waals surface area contributed by atoms with Gasteiger partial charge >= 0.3 is 0 Å². The zero-order valence-electron chi connectivity index (χ0n) is 12.1. The Morgan fingerprint density at radius 2 is 1.82 bits per heavy atom. The molecule has 1 amide bonds. The van der Waals surface area contributed by atoms with Gasteiger partial charge in [0, 0.05) is 13.2 Å². The maximum Gasteiger partial charge on any atom is 0.223 e. The Balaban J connectivity index is 4.42. The SMILES string of the molecule is COC(C)(C)CC(=O)NC(CCN)C(C)(C)C. The molecule has 1 atom stereocenters. The third-order valence-electron chi connectivity index (χ3n) is 2.97. The maximum absolute atomic E-state index is 11.9. The molecule has 17 heavy (non-hydrogen) atoms. The van der Waals surface area contributed by atoms with Crippen molar-refractivity contribution >= 4 is 5.91 Å². The van der Waals surface area contributed by atoms with Gasteiger partial charge in [-0.2, -0.15) is 0 Å². The van der Waals surface area contributed by atoms with E-state index in [2.05, 4.69) is 26.1 Å². The van der Waals surface area contributed by atoms with Crippen LogP contribution in [0.3, 0.4) is 0 Å². The molecule has 0 saturated carbocycles. The number of amides is 1. The molecule has 0 aliphatic heterocycles. The molecule has 0 aromatic rings. The standard InChI is InChI=1S/C13H28N2O2/c1-12(2,3)10(7-8-14)15-11(16)9-13(4,5)17-6/h10H,7-9,14H2,1-6H3,(H,15,16). The zero-order valence-corrected chi connectivity index (χ0v) is 12.1. The van der Waals surface area contributed by atoms with Gasteiger partial charge in [-0.15, -0.1) is 0 Å². The molecule has 0 aliphatic carbocycles. The van der Waals surface area contributed by atoms with Crippen LogP contribution in [0.1, 0.15) is 47.5 Å². The largest absolute Gasteiger partial charge is 0.378 e. The molecular formula is C13H28N2O2. The van der Waals surface area contributed by atoms with Gasteiger partial charge < -0.3 is 15.8 Å². The average Bonchev–Trinajstić information content (AvgIpc) is 2.15. The summed E-state index contributed by atoms with van der Waals surface area (Å²) in [6.07, 6.45) is 1.16. The second-order valence-electron chi connectivity index (χ2n) is 6.20. The Labute approximate surface area is 105 Å². The van der Waals surface area contributed by atoms with Crippen molar-refractivity contribution in [1.82, 2.24) is 5.32 Å². The van der Waals surface area contributed by atoms with Gasteiger partial charge in [0.1, 0.15) is 0 Å². The average molecular weight is 244 g/mol. The van der Waals surface area contributed by atoms with Gasteiger partial charge in [-0.3, -0.25) is 4.79 Å². The summed E-state index contributed by atoms with van der Waals surface area (Å²) in [7, 11) is 1.62. The van der Waals surface area contributed by atoms with Crippen molar-refractivity contribution in [1.29, 1.82) is 0 Å². The highest BCUT2D eigenvalue weighted by Crippen LogP contribution is 2.22. The van der Waals surface area contributed by atoms with Crippen LogP contribution in [0.15, 0.2) is 0 Å². The molecule has 1 unspecified atom stereocenters. The minimum atomic E-state index is -0.421. The topological polar surface area (TPSA) is 64.3 Å². The molecule has 0 fully saturated rings. The van der Waals surface area contributed by atoms with Crippen LogP contribution in [0.25, 0.3) is 0 Å². The summed E-state index contributed by atoms with van der Waals surface area (Å²) in [6, 6.07) is 0.104. The van der Waals surface area contributed by atoms with Crippen molar-refractivity contribution in [3.63, 3.8) is 0 Å². The van der Waals surface area contributed by atoms with Crippen LogP contribution in [0, 0.1) is 5.41 Å². The third kappa shape index (κ3) is 6.64. The van der Waals surface area contributed by atoms with Crippen molar-refractivity contribution in [2.24, 2.45) is 11.1 Å². The first-order valence-electron chi connectivity index (χ1n) is 6.17. The van der Waals surface area contributed by atoms with Crippen LogP contribution in [0.4, 0.5) is 0 Å². The van der Waals surface area contributed by atoms with Crippen LogP contribution < -0.4 is 11.1 Å². The fraction of sp³-hybridized carbons (Fsp3) is 0.923. The minimum absolute atomic E-state index is 0.0187. The van der Waals surface area contributed by atoms with Gasteiger partial charge in [0.15, 0.2) is 0 Å². The van der Waals surface area contributed by atoms with Gasteiger partial charge in [0.25, 0.3) is 0 Å². The molecule has 0 bridgehead atoms. The monoisotopic (exact) mass is 244 g/mol. The van der Waals surface area contributed by atoms with Gasteiger partial charge in [0.05, 0.1) is 12.0 Å². The Morgan fingerprint density at radius 3 is 2.18 bits per heavy atom. The Bertz CT molecular complexity index is 244. The first kappa shape index (κ1) is 16.4. The summed E-state index contributed by atoms with van der Waals surface area (Å²) >= 11 is 0. The third-order valence-corrected chi connectivity index (χ3v) is 2.97. The highest BCUT2D eigenvalue weighted by molar-refractivity contribution is 5.77. The lowest BCUT2D eigenvalue weighted by Crippen LogP contribution is -2.46. The fourth-order valence-corrected chi connectivity index (χ4v) is 1.59. The van der Waals surface area contributed by atoms with E-state index >= 15 is 0 Å². The predicted octanol–water partition coefficient (Wildman–Crippen LogP) is 1.68. The van der Waals surface area contributed by atoms with Crippen LogP contribution >= 0.6 is 0 Å². The Kier molecular flexibility index (Phi) is 6.13. The van der Waals surface area contributed by atoms with Crippen LogP contribution in [0.2, 0.25) is 0 Å². The molecule has 0 aromatic carbocycles. The number of ether oxygens (including phenoxy) is 1. The summed E-state index contributed by atoms with van der Waals surface area (Å²) in [4.78, 5) is 11.9. The number of rotatable bonds is 6. The highest BCUT2D eigenvalue weighted by Gasteiger charge is 2.28. The molecule has 4 heteroatoms. The summed E-state index contributed by atoms with van der Waals surface area (Å²) in [6.45, 7) is 10.7. The van der Waals surface area contributed by atoms with E-state index in [0.717, 1.165) is 6.42 Å². The van der Waals surface area contributed by atoms with Crippen LogP contribution in [-0.2, 0) is 9.53 Å². The smallest absolute Gasteiger partial charge is 0.223 e. The van der Waals surface area contributed by atoms with E-state index in [-0.39, 0.29) is 17.4 Å². The van der Waals surface area contributed by atoms with E-state index in [0.29, 0.717) is 13.0 Å². The van der Waals surface area contributed by atoms with Gasteiger partial charge in [-0.25, -0.2) is 0 Å². The van der Waals surface area contributed by atoms with E-state index in [9.17, 15) is 4.79 Å². The minimum Gasteiger partial charge on any atom is -0.378 e. The van der Waals surface area contributed by atoms with E-state index in [1.807, 2.05) is 13.8 Å². The van der Waals surface area contributed by atoms with Crippen molar-refractivity contribution in [3.8, 4) is 0 Å². The summed E-state index contributed by atoms with van der Waals surface area (Å²) in [5.41, 5.74) is 5.18.